The Morgan fingerprint density at radius 1 is 1.38 bits per heavy atom. The lowest BCUT2D eigenvalue weighted by molar-refractivity contribution is -0.0720. The van der Waals surface area contributed by atoms with Crippen LogP contribution in [-0.4, -0.2) is 34.0 Å². The molecule has 3 rings (SSSR count). The number of para-hydroxylation sites is 1. The molecule has 0 radical (unpaired) electrons. The Morgan fingerprint density at radius 3 is 2.81 bits per heavy atom. The van der Waals surface area contributed by atoms with E-state index < -0.39 is 0 Å². The number of nitrogens with one attached hydrogen (secondary N) is 1. The second kappa shape index (κ2) is 5.48. The maximum atomic E-state index is 6.01. The third-order valence-corrected chi connectivity index (χ3v) is 4.83. The average Bonchev–Trinajstić information content (AvgIpc) is 2.99. The van der Waals surface area contributed by atoms with Crippen molar-refractivity contribution in [3.63, 3.8) is 0 Å². The smallest absolute Gasteiger partial charge is 0.336 e. The lowest BCUT2D eigenvalue weighted by atomic mass is 9.61. The summed E-state index contributed by atoms with van der Waals surface area (Å²) in [6.45, 7) is 4.46. The number of rotatable bonds is 5. The number of nitrogens with zero attached hydrogens (tertiary/aromatic N) is 3. The molecule has 1 aliphatic rings. The highest BCUT2D eigenvalue weighted by atomic mass is 16.5. The van der Waals surface area contributed by atoms with Gasteiger partial charge in [0.2, 0.25) is 0 Å². The lowest BCUT2D eigenvalue weighted by Gasteiger charge is -2.52. The molecule has 5 heteroatoms. The monoisotopic (exact) mass is 286 g/mol. The normalized spacial score (nSPS) is 28.1. The quantitative estimate of drug-likeness (QED) is 0.917. The molecular formula is C16H22N4O. The zero-order chi connectivity index (χ0) is 14.9. The van der Waals surface area contributed by atoms with Crippen molar-refractivity contribution in [3.8, 4) is 11.7 Å². The van der Waals surface area contributed by atoms with Crippen LogP contribution in [0.3, 0.4) is 0 Å². The van der Waals surface area contributed by atoms with Gasteiger partial charge in [-0.2, -0.15) is 4.98 Å². The van der Waals surface area contributed by atoms with Gasteiger partial charge in [0.1, 0.15) is 12.4 Å². The summed E-state index contributed by atoms with van der Waals surface area (Å²) in [7, 11) is 2.01. The summed E-state index contributed by atoms with van der Waals surface area (Å²) in [6.07, 6.45) is 3.94. The van der Waals surface area contributed by atoms with Gasteiger partial charge in [-0.1, -0.05) is 32.0 Å². The zero-order valence-electron chi connectivity index (χ0n) is 12.8. The van der Waals surface area contributed by atoms with E-state index in [1.807, 2.05) is 37.4 Å². The van der Waals surface area contributed by atoms with Crippen molar-refractivity contribution in [2.45, 2.75) is 38.8 Å². The molecule has 0 amide bonds. The second-order valence-corrected chi connectivity index (χ2v) is 5.85. The molecule has 0 aliphatic heterocycles. The van der Waals surface area contributed by atoms with Crippen LogP contribution in [0, 0.1) is 5.41 Å². The van der Waals surface area contributed by atoms with E-state index in [0.29, 0.717) is 12.1 Å². The minimum Gasteiger partial charge on any atom is -0.458 e. The van der Waals surface area contributed by atoms with E-state index in [0.717, 1.165) is 18.5 Å². The predicted octanol–water partition coefficient (Wildman–Crippen LogP) is 2.42. The Labute approximate surface area is 125 Å². The standard InChI is InChI=1S/C16H22N4O/c1-4-16(2)13(17-3)10-14(16)21-15-18-11-20(19-15)12-8-6-5-7-9-12/h5-9,11,13-14,17H,4,10H2,1-3H3. The highest BCUT2D eigenvalue weighted by molar-refractivity contribution is 5.29. The summed E-state index contributed by atoms with van der Waals surface area (Å²) in [6, 6.07) is 10.9. The molecule has 1 aromatic heterocycles. The van der Waals surface area contributed by atoms with Crippen molar-refractivity contribution < 1.29 is 4.74 Å². The molecule has 21 heavy (non-hydrogen) atoms. The van der Waals surface area contributed by atoms with Crippen molar-refractivity contribution in [3.05, 3.63) is 36.7 Å². The Bertz CT molecular complexity index is 597. The van der Waals surface area contributed by atoms with Gasteiger partial charge in [0.15, 0.2) is 0 Å². The van der Waals surface area contributed by atoms with Gasteiger partial charge < -0.3 is 10.1 Å². The first-order chi connectivity index (χ1) is 10.2. The highest BCUT2D eigenvalue weighted by Gasteiger charge is 2.51. The van der Waals surface area contributed by atoms with Crippen molar-refractivity contribution >= 4 is 0 Å². The molecular weight excluding hydrogens is 264 g/mol. The first-order valence-electron chi connectivity index (χ1n) is 7.48. The minimum absolute atomic E-state index is 0.146. The first-order valence-corrected chi connectivity index (χ1v) is 7.48. The van der Waals surface area contributed by atoms with Crippen molar-refractivity contribution in [2.75, 3.05) is 7.05 Å². The van der Waals surface area contributed by atoms with Gasteiger partial charge in [0, 0.05) is 17.9 Å². The second-order valence-electron chi connectivity index (χ2n) is 5.85. The highest BCUT2D eigenvalue weighted by Crippen LogP contribution is 2.45. The fourth-order valence-electron chi connectivity index (χ4n) is 3.06. The van der Waals surface area contributed by atoms with Crippen LogP contribution in [0.5, 0.6) is 6.01 Å². The Morgan fingerprint density at radius 2 is 2.14 bits per heavy atom. The van der Waals surface area contributed by atoms with E-state index in [4.69, 9.17) is 4.74 Å². The number of aromatic nitrogens is 3. The number of hydrogen-bond donors (Lipinski definition) is 1. The summed E-state index contributed by atoms with van der Waals surface area (Å²) in [5.74, 6) is 0. The Balaban J connectivity index is 1.71. The van der Waals surface area contributed by atoms with Crippen LogP contribution in [0.25, 0.3) is 5.69 Å². The van der Waals surface area contributed by atoms with Crippen LogP contribution in [0.2, 0.25) is 0 Å². The van der Waals surface area contributed by atoms with Crippen molar-refractivity contribution in [2.24, 2.45) is 5.41 Å². The van der Waals surface area contributed by atoms with E-state index in [-0.39, 0.29) is 11.5 Å². The predicted molar refractivity (Wildman–Crippen MR) is 81.6 cm³/mol. The van der Waals surface area contributed by atoms with Gasteiger partial charge in [-0.25, -0.2) is 4.68 Å². The molecule has 1 heterocycles. The largest absolute Gasteiger partial charge is 0.458 e. The maximum absolute atomic E-state index is 6.01. The molecule has 1 aliphatic carbocycles. The van der Waals surface area contributed by atoms with E-state index >= 15 is 0 Å². The van der Waals surface area contributed by atoms with Gasteiger partial charge >= 0.3 is 6.01 Å². The maximum Gasteiger partial charge on any atom is 0.336 e. The van der Waals surface area contributed by atoms with E-state index in [1.165, 1.54) is 0 Å². The summed E-state index contributed by atoms with van der Waals surface area (Å²) >= 11 is 0. The van der Waals surface area contributed by atoms with Crippen LogP contribution in [0.1, 0.15) is 26.7 Å². The molecule has 2 aromatic rings. The van der Waals surface area contributed by atoms with Gasteiger partial charge in [-0.15, -0.1) is 5.10 Å². The van der Waals surface area contributed by atoms with Crippen LogP contribution in [0.4, 0.5) is 0 Å². The summed E-state index contributed by atoms with van der Waals surface area (Å²) < 4.78 is 7.75. The summed E-state index contributed by atoms with van der Waals surface area (Å²) in [4.78, 5) is 4.27. The SMILES string of the molecule is CCC1(C)C(NC)CC1Oc1ncn(-c2ccccc2)n1. The third kappa shape index (κ3) is 2.42. The Kier molecular flexibility index (Phi) is 3.68. The van der Waals surface area contributed by atoms with Gasteiger partial charge in [-0.05, 0) is 25.6 Å². The zero-order valence-corrected chi connectivity index (χ0v) is 12.8. The Hall–Kier alpha value is -1.88. The molecule has 112 valence electrons. The van der Waals surface area contributed by atoms with Crippen LogP contribution < -0.4 is 10.1 Å². The number of benzene rings is 1. The van der Waals surface area contributed by atoms with Crippen LogP contribution in [0.15, 0.2) is 36.7 Å². The fraction of sp³-hybridized carbons (Fsp3) is 0.500. The van der Waals surface area contributed by atoms with E-state index in [9.17, 15) is 0 Å². The molecule has 5 nitrogen and oxygen atoms in total. The van der Waals surface area contributed by atoms with Gasteiger partial charge in [-0.3, -0.25) is 0 Å². The minimum atomic E-state index is 0.146. The molecule has 1 aromatic carbocycles. The molecule has 0 saturated heterocycles. The third-order valence-electron chi connectivity index (χ3n) is 4.83. The fourth-order valence-corrected chi connectivity index (χ4v) is 3.06. The van der Waals surface area contributed by atoms with E-state index in [1.54, 1.807) is 11.0 Å². The topological polar surface area (TPSA) is 52.0 Å². The molecule has 0 bridgehead atoms. The van der Waals surface area contributed by atoms with Gasteiger partial charge in [0.25, 0.3) is 0 Å². The van der Waals surface area contributed by atoms with Crippen LogP contribution >= 0.6 is 0 Å². The first kappa shape index (κ1) is 14.1. The molecule has 3 atom stereocenters. The molecule has 1 saturated carbocycles. The average molecular weight is 286 g/mol. The van der Waals surface area contributed by atoms with Gasteiger partial charge in [0.05, 0.1) is 5.69 Å². The lowest BCUT2D eigenvalue weighted by Crippen LogP contribution is -2.62. The molecule has 1 fully saturated rings. The van der Waals surface area contributed by atoms with Crippen LogP contribution in [-0.2, 0) is 0 Å². The van der Waals surface area contributed by atoms with Crippen molar-refractivity contribution in [1.82, 2.24) is 20.1 Å². The van der Waals surface area contributed by atoms with Crippen molar-refractivity contribution in [1.29, 1.82) is 0 Å². The number of hydrogen-bond acceptors (Lipinski definition) is 4. The van der Waals surface area contributed by atoms with E-state index in [2.05, 4.69) is 29.2 Å². The summed E-state index contributed by atoms with van der Waals surface area (Å²) in [5.41, 5.74) is 1.13. The number of ether oxygens (including phenoxy) is 1. The summed E-state index contributed by atoms with van der Waals surface area (Å²) in [5, 5.41) is 7.78. The molecule has 1 N–H and O–H groups in total. The molecule has 3 unspecified atom stereocenters. The molecule has 0 spiro atoms.